The third-order valence-corrected chi connectivity index (χ3v) is 4.39. The fourth-order valence-corrected chi connectivity index (χ4v) is 3.05. The van der Waals surface area contributed by atoms with E-state index in [0.29, 0.717) is 5.95 Å². The summed E-state index contributed by atoms with van der Waals surface area (Å²) in [6.07, 6.45) is 2.99. The van der Waals surface area contributed by atoms with Crippen molar-refractivity contribution >= 4 is 28.9 Å². The summed E-state index contributed by atoms with van der Waals surface area (Å²) in [4.78, 5) is 28.8. The minimum Gasteiger partial charge on any atom is -0.378 e. The van der Waals surface area contributed by atoms with Gasteiger partial charge in [0.2, 0.25) is 5.95 Å². The summed E-state index contributed by atoms with van der Waals surface area (Å²) in [6.45, 7) is 0. The smallest absolute Gasteiger partial charge is 0.267 e. The summed E-state index contributed by atoms with van der Waals surface area (Å²) in [5.41, 5.74) is 9.24. The molecular weight excluding hydrogens is 342 g/mol. The maximum atomic E-state index is 11.6. The van der Waals surface area contributed by atoms with Gasteiger partial charge in [-0.3, -0.25) is 14.7 Å². The van der Waals surface area contributed by atoms with Gasteiger partial charge in [-0.2, -0.15) is 0 Å². The van der Waals surface area contributed by atoms with Crippen LogP contribution in [-0.4, -0.2) is 35.0 Å². The summed E-state index contributed by atoms with van der Waals surface area (Å²) < 4.78 is 0. The van der Waals surface area contributed by atoms with Crippen LogP contribution in [-0.2, 0) is 0 Å². The first-order valence-corrected chi connectivity index (χ1v) is 8.45. The third kappa shape index (κ3) is 3.01. The molecule has 1 aromatic carbocycles. The molecular formula is C19H19N7O. The Balaban J connectivity index is 1.83. The molecule has 8 nitrogen and oxygen atoms in total. The third-order valence-electron chi connectivity index (χ3n) is 4.39. The van der Waals surface area contributed by atoms with Crippen LogP contribution in [0.15, 0.2) is 54.9 Å². The highest BCUT2D eigenvalue weighted by Crippen LogP contribution is 2.44. The van der Waals surface area contributed by atoms with Crippen molar-refractivity contribution in [1.82, 2.24) is 15.0 Å². The Bertz CT molecular complexity index is 1000. The summed E-state index contributed by atoms with van der Waals surface area (Å²) in [7, 11) is 3.96. The fraction of sp³-hybridized carbons (Fsp3) is 0.158. The van der Waals surface area contributed by atoms with Gasteiger partial charge in [-0.05, 0) is 30.3 Å². The number of pyridine rings is 1. The Morgan fingerprint density at radius 1 is 1.15 bits per heavy atom. The molecule has 0 spiro atoms. The van der Waals surface area contributed by atoms with Crippen molar-refractivity contribution in [3.05, 3.63) is 66.2 Å². The van der Waals surface area contributed by atoms with Gasteiger partial charge in [0.25, 0.3) is 5.91 Å². The van der Waals surface area contributed by atoms with Gasteiger partial charge in [0.05, 0.1) is 17.1 Å². The average molecular weight is 361 g/mol. The van der Waals surface area contributed by atoms with Crippen LogP contribution in [0.5, 0.6) is 0 Å². The second kappa shape index (κ2) is 6.56. The topological polar surface area (TPSA) is 100 Å². The molecule has 0 radical (unpaired) electrons. The van der Waals surface area contributed by atoms with Gasteiger partial charge >= 0.3 is 0 Å². The number of carbonyl (C=O) groups excluding carboxylic acids is 1. The summed E-state index contributed by atoms with van der Waals surface area (Å²) >= 11 is 0. The largest absolute Gasteiger partial charge is 0.378 e. The van der Waals surface area contributed by atoms with Crippen molar-refractivity contribution in [3.63, 3.8) is 0 Å². The minimum absolute atomic E-state index is 0.165. The van der Waals surface area contributed by atoms with Crippen molar-refractivity contribution < 1.29 is 4.79 Å². The summed E-state index contributed by atoms with van der Waals surface area (Å²) in [5.74, 6) is -0.214. The number of hydrogen-bond donors (Lipinski definition) is 2. The van der Waals surface area contributed by atoms with Gasteiger partial charge in [-0.15, -0.1) is 0 Å². The fourth-order valence-electron chi connectivity index (χ4n) is 3.05. The molecule has 1 unspecified atom stereocenters. The maximum absolute atomic E-state index is 11.6. The molecule has 0 aliphatic carbocycles. The Morgan fingerprint density at radius 3 is 2.70 bits per heavy atom. The molecule has 1 aliphatic heterocycles. The molecule has 1 aliphatic rings. The van der Waals surface area contributed by atoms with E-state index in [1.807, 2.05) is 60.3 Å². The monoisotopic (exact) mass is 361 g/mol. The van der Waals surface area contributed by atoms with E-state index in [2.05, 4.69) is 20.3 Å². The molecule has 2 aromatic heterocycles. The molecule has 0 fully saturated rings. The number of primary amides is 1. The molecule has 0 bridgehead atoms. The predicted molar refractivity (Wildman–Crippen MR) is 104 cm³/mol. The number of nitrogens with one attached hydrogen (secondary N) is 1. The van der Waals surface area contributed by atoms with Crippen molar-refractivity contribution in [2.75, 3.05) is 29.2 Å². The van der Waals surface area contributed by atoms with Crippen LogP contribution < -0.4 is 20.9 Å². The molecule has 3 aromatic rings. The lowest BCUT2D eigenvalue weighted by Crippen LogP contribution is -2.27. The zero-order valence-electron chi connectivity index (χ0n) is 15.0. The molecule has 0 saturated carbocycles. The maximum Gasteiger partial charge on any atom is 0.267 e. The van der Waals surface area contributed by atoms with Gasteiger partial charge < -0.3 is 16.0 Å². The normalized spacial score (nSPS) is 15.2. The van der Waals surface area contributed by atoms with E-state index in [-0.39, 0.29) is 11.9 Å². The van der Waals surface area contributed by atoms with Crippen molar-refractivity contribution in [2.24, 2.45) is 5.73 Å². The highest BCUT2D eigenvalue weighted by atomic mass is 16.1. The van der Waals surface area contributed by atoms with Crippen molar-refractivity contribution in [3.8, 4) is 0 Å². The molecule has 136 valence electrons. The van der Waals surface area contributed by atoms with E-state index in [1.54, 1.807) is 6.20 Å². The number of para-hydroxylation sites is 2. The van der Waals surface area contributed by atoms with Gasteiger partial charge in [0.15, 0.2) is 6.17 Å². The van der Waals surface area contributed by atoms with E-state index in [1.165, 1.54) is 12.3 Å². The van der Waals surface area contributed by atoms with Gasteiger partial charge in [-0.25, -0.2) is 9.97 Å². The Hall–Kier alpha value is -3.68. The quantitative estimate of drug-likeness (QED) is 0.735. The lowest BCUT2D eigenvalue weighted by molar-refractivity contribution is 0.0995. The minimum atomic E-state index is -0.594. The second-order valence-electron chi connectivity index (χ2n) is 6.37. The van der Waals surface area contributed by atoms with Crippen LogP contribution in [0.4, 0.5) is 23.0 Å². The zero-order valence-corrected chi connectivity index (χ0v) is 15.0. The van der Waals surface area contributed by atoms with Crippen LogP contribution in [0, 0.1) is 0 Å². The van der Waals surface area contributed by atoms with Crippen LogP contribution >= 0.6 is 0 Å². The number of benzene rings is 1. The van der Waals surface area contributed by atoms with Gasteiger partial charge in [0.1, 0.15) is 5.69 Å². The number of aromatic nitrogens is 3. The number of anilines is 4. The molecule has 1 amide bonds. The Labute approximate surface area is 156 Å². The number of hydrogen-bond acceptors (Lipinski definition) is 7. The number of carbonyl (C=O) groups is 1. The molecule has 0 saturated heterocycles. The summed E-state index contributed by atoms with van der Waals surface area (Å²) in [6, 6.07) is 13.3. The van der Waals surface area contributed by atoms with E-state index in [4.69, 9.17) is 5.73 Å². The Morgan fingerprint density at radius 2 is 1.93 bits per heavy atom. The Kier molecular flexibility index (Phi) is 4.08. The predicted octanol–water partition coefficient (Wildman–Crippen LogP) is 2.30. The SMILES string of the molecule is CN(C)c1ccnc(C2Nc3ccccc3N2c2nccc(C(N)=O)n2)c1. The van der Waals surface area contributed by atoms with Crippen LogP contribution in [0.25, 0.3) is 0 Å². The number of nitrogens with two attached hydrogens (primary N) is 1. The lowest BCUT2D eigenvalue weighted by Gasteiger charge is -2.25. The van der Waals surface area contributed by atoms with Crippen LogP contribution in [0.1, 0.15) is 22.3 Å². The second-order valence-corrected chi connectivity index (χ2v) is 6.37. The van der Waals surface area contributed by atoms with E-state index in [0.717, 1.165) is 22.8 Å². The molecule has 3 N–H and O–H groups in total. The summed E-state index contributed by atoms with van der Waals surface area (Å²) in [5, 5.41) is 3.46. The highest BCUT2D eigenvalue weighted by molar-refractivity contribution is 5.91. The van der Waals surface area contributed by atoms with Gasteiger partial charge in [0, 0.05) is 32.2 Å². The number of fused-ring (bicyclic) bond motifs is 1. The van der Waals surface area contributed by atoms with Crippen LogP contribution in [0.2, 0.25) is 0 Å². The van der Waals surface area contributed by atoms with Crippen molar-refractivity contribution in [2.45, 2.75) is 6.17 Å². The number of amides is 1. The highest BCUT2D eigenvalue weighted by Gasteiger charge is 2.34. The first-order valence-electron chi connectivity index (χ1n) is 8.45. The molecule has 8 heteroatoms. The standard InChI is InChI=1S/C19H19N7O/c1-25(2)12-7-9-21-15(11-12)18-23-13-5-3-4-6-16(13)26(18)19-22-10-8-14(24-19)17(20)27/h3-11,18,23H,1-2H3,(H2,20,27). The lowest BCUT2D eigenvalue weighted by atomic mass is 10.2. The first-order chi connectivity index (χ1) is 13.0. The van der Waals surface area contributed by atoms with E-state index < -0.39 is 5.91 Å². The van der Waals surface area contributed by atoms with E-state index in [9.17, 15) is 4.79 Å². The first kappa shape index (κ1) is 16.8. The van der Waals surface area contributed by atoms with E-state index >= 15 is 0 Å². The van der Waals surface area contributed by atoms with Gasteiger partial charge in [-0.1, -0.05) is 12.1 Å². The molecule has 1 atom stereocenters. The zero-order chi connectivity index (χ0) is 19.0. The average Bonchev–Trinajstić information content (AvgIpc) is 3.07. The van der Waals surface area contributed by atoms with Crippen LogP contribution in [0.3, 0.4) is 0 Å². The molecule has 4 rings (SSSR count). The molecule has 27 heavy (non-hydrogen) atoms. The van der Waals surface area contributed by atoms with Crippen molar-refractivity contribution in [1.29, 1.82) is 0 Å². The molecule has 3 heterocycles. The number of nitrogens with zero attached hydrogens (tertiary/aromatic N) is 5. The number of rotatable bonds is 4.